The molecule has 1 saturated carbocycles. The van der Waals surface area contributed by atoms with E-state index in [0.717, 1.165) is 12.0 Å². The standard InChI is InChI=1S/C15H21NO4S/c1-10(2)11-6-8-12(9-7-11)21(19,20)16-14-5-3-4-13(14)15(17)18/h6-10,13-14,16H,3-5H2,1-2H3,(H,17,18). The predicted molar refractivity (Wildman–Crippen MR) is 79.6 cm³/mol. The highest BCUT2D eigenvalue weighted by atomic mass is 32.2. The first-order valence-corrected chi connectivity index (χ1v) is 8.64. The van der Waals surface area contributed by atoms with Gasteiger partial charge in [-0.2, -0.15) is 0 Å². The third kappa shape index (κ3) is 3.63. The van der Waals surface area contributed by atoms with Gasteiger partial charge in [-0.1, -0.05) is 32.4 Å². The number of carbonyl (C=O) groups is 1. The lowest BCUT2D eigenvalue weighted by molar-refractivity contribution is -0.141. The Hall–Kier alpha value is -1.40. The van der Waals surface area contributed by atoms with E-state index in [1.165, 1.54) is 0 Å². The van der Waals surface area contributed by atoms with Gasteiger partial charge in [0.25, 0.3) is 0 Å². The molecule has 2 rings (SSSR count). The fourth-order valence-corrected chi connectivity index (χ4v) is 4.01. The molecule has 1 fully saturated rings. The maximum Gasteiger partial charge on any atom is 0.308 e. The first-order valence-electron chi connectivity index (χ1n) is 7.16. The molecule has 2 unspecified atom stereocenters. The van der Waals surface area contributed by atoms with Crippen molar-refractivity contribution < 1.29 is 18.3 Å². The lowest BCUT2D eigenvalue weighted by Crippen LogP contribution is -2.40. The van der Waals surface area contributed by atoms with Gasteiger partial charge in [0.2, 0.25) is 10.0 Å². The summed E-state index contributed by atoms with van der Waals surface area (Å²) >= 11 is 0. The summed E-state index contributed by atoms with van der Waals surface area (Å²) in [5, 5.41) is 9.11. The smallest absolute Gasteiger partial charge is 0.308 e. The Morgan fingerprint density at radius 1 is 1.24 bits per heavy atom. The van der Waals surface area contributed by atoms with E-state index in [-0.39, 0.29) is 4.90 Å². The predicted octanol–water partition coefficient (Wildman–Crippen LogP) is 2.34. The van der Waals surface area contributed by atoms with Crippen molar-refractivity contribution in [3.05, 3.63) is 29.8 Å². The molecule has 6 heteroatoms. The van der Waals surface area contributed by atoms with E-state index >= 15 is 0 Å². The van der Waals surface area contributed by atoms with Crippen LogP contribution >= 0.6 is 0 Å². The van der Waals surface area contributed by atoms with E-state index in [0.29, 0.717) is 18.8 Å². The number of carboxylic acid groups (broad SMARTS) is 1. The second-order valence-electron chi connectivity index (χ2n) is 5.83. The third-order valence-electron chi connectivity index (χ3n) is 4.00. The fourth-order valence-electron chi connectivity index (χ4n) is 2.70. The van der Waals surface area contributed by atoms with E-state index in [1.807, 2.05) is 13.8 Å². The molecule has 0 amide bonds. The lowest BCUT2D eigenvalue weighted by Gasteiger charge is -2.18. The van der Waals surface area contributed by atoms with Gasteiger partial charge in [0.1, 0.15) is 0 Å². The van der Waals surface area contributed by atoms with Crippen LogP contribution in [0.3, 0.4) is 0 Å². The highest BCUT2D eigenvalue weighted by Gasteiger charge is 2.35. The largest absolute Gasteiger partial charge is 0.481 e. The maximum atomic E-state index is 12.3. The Morgan fingerprint density at radius 2 is 1.86 bits per heavy atom. The number of carboxylic acids is 1. The normalized spacial score (nSPS) is 22.6. The minimum atomic E-state index is -3.67. The highest BCUT2D eigenvalue weighted by molar-refractivity contribution is 7.89. The first-order chi connectivity index (χ1) is 9.81. The molecule has 21 heavy (non-hydrogen) atoms. The summed E-state index contributed by atoms with van der Waals surface area (Å²) in [6.07, 6.45) is 1.82. The molecule has 0 saturated heterocycles. The number of benzene rings is 1. The molecule has 5 nitrogen and oxygen atoms in total. The van der Waals surface area contributed by atoms with Gasteiger partial charge in [-0.15, -0.1) is 0 Å². The molecule has 0 radical (unpaired) electrons. The quantitative estimate of drug-likeness (QED) is 0.874. The molecule has 2 atom stereocenters. The van der Waals surface area contributed by atoms with E-state index in [1.54, 1.807) is 24.3 Å². The Labute approximate surface area is 125 Å². The summed E-state index contributed by atoms with van der Waals surface area (Å²) in [5.41, 5.74) is 1.07. The van der Waals surface area contributed by atoms with Crippen LogP contribution in [0.4, 0.5) is 0 Å². The molecule has 0 bridgehead atoms. The SMILES string of the molecule is CC(C)c1ccc(S(=O)(=O)NC2CCCC2C(=O)O)cc1. The molecule has 1 aliphatic carbocycles. The van der Waals surface area contributed by atoms with Crippen LogP contribution in [0.15, 0.2) is 29.2 Å². The van der Waals surface area contributed by atoms with Gasteiger partial charge in [-0.25, -0.2) is 13.1 Å². The molecular weight excluding hydrogens is 290 g/mol. The number of sulfonamides is 1. The number of aliphatic carboxylic acids is 1. The molecular formula is C15H21NO4S. The van der Waals surface area contributed by atoms with Crippen molar-refractivity contribution in [2.75, 3.05) is 0 Å². The van der Waals surface area contributed by atoms with Crippen LogP contribution in [0.1, 0.15) is 44.6 Å². The van der Waals surface area contributed by atoms with Crippen LogP contribution in [0, 0.1) is 5.92 Å². The van der Waals surface area contributed by atoms with Crippen molar-refractivity contribution >= 4 is 16.0 Å². The van der Waals surface area contributed by atoms with Crippen molar-refractivity contribution in [1.82, 2.24) is 4.72 Å². The molecule has 0 heterocycles. The van der Waals surface area contributed by atoms with E-state index in [2.05, 4.69) is 4.72 Å². The summed E-state index contributed by atoms with van der Waals surface area (Å²) in [5.74, 6) is -1.23. The van der Waals surface area contributed by atoms with E-state index < -0.39 is 28.0 Å². The number of hydrogen-bond donors (Lipinski definition) is 2. The molecule has 0 aliphatic heterocycles. The maximum absolute atomic E-state index is 12.3. The Balaban J connectivity index is 2.16. The van der Waals surface area contributed by atoms with Gasteiger partial charge in [-0.3, -0.25) is 4.79 Å². The summed E-state index contributed by atoms with van der Waals surface area (Å²) in [7, 11) is -3.67. The summed E-state index contributed by atoms with van der Waals surface area (Å²) in [6, 6.07) is 6.22. The Kier molecular flexibility index (Phi) is 4.68. The van der Waals surface area contributed by atoms with Gasteiger partial charge in [-0.05, 0) is 36.5 Å². The van der Waals surface area contributed by atoms with E-state index in [4.69, 9.17) is 5.11 Å². The van der Waals surface area contributed by atoms with Crippen LogP contribution in [-0.4, -0.2) is 25.5 Å². The van der Waals surface area contributed by atoms with Crippen LogP contribution in [0.5, 0.6) is 0 Å². The molecule has 1 aromatic carbocycles. The average Bonchev–Trinajstić information content (AvgIpc) is 2.86. The zero-order valence-electron chi connectivity index (χ0n) is 12.2. The fraction of sp³-hybridized carbons (Fsp3) is 0.533. The second kappa shape index (κ2) is 6.15. The average molecular weight is 311 g/mol. The van der Waals surface area contributed by atoms with Crippen molar-refractivity contribution in [3.63, 3.8) is 0 Å². The molecule has 0 spiro atoms. The molecule has 1 aromatic rings. The zero-order valence-corrected chi connectivity index (χ0v) is 13.1. The van der Waals surface area contributed by atoms with Crippen LogP contribution in [-0.2, 0) is 14.8 Å². The van der Waals surface area contributed by atoms with Crippen LogP contribution < -0.4 is 4.72 Å². The van der Waals surface area contributed by atoms with Crippen molar-refractivity contribution in [2.45, 2.75) is 50.0 Å². The second-order valence-corrected chi connectivity index (χ2v) is 7.54. The van der Waals surface area contributed by atoms with Crippen LogP contribution in [0.25, 0.3) is 0 Å². The van der Waals surface area contributed by atoms with Crippen molar-refractivity contribution in [3.8, 4) is 0 Å². The molecule has 1 aliphatic rings. The molecule has 116 valence electrons. The molecule has 2 N–H and O–H groups in total. The molecule has 0 aromatic heterocycles. The zero-order chi connectivity index (χ0) is 15.6. The highest BCUT2D eigenvalue weighted by Crippen LogP contribution is 2.27. The Bertz CT molecular complexity index is 607. The first kappa shape index (κ1) is 16.0. The third-order valence-corrected chi connectivity index (χ3v) is 5.50. The minimum absolute atomic E-state index is 0.183. The summed E-state index contributed by atoms with van der Waals surface area (Å²) < 4.78 is 27.2. The topological polar surface area (TPSA) is 83.5 Å². The van der Waals surface area contributed by atoms with Crippen molar-refractivity contribution in [2.24, 2.45) is 5.92 Å². The minimum Gasteiger partial charge on any atom is -0.481 e. The number of hydrogen-bond acceptors (Lipinski definition) is 3. The van der Waals surface area contributed by atoms with Gasteiger partial charge in [0, 0.05) is 6.04 Å². The lowest BCUT2D eigenvalue weighted by atomic mass is 10.0. The summed E-state index contributed by atoms with van der Waals surface area (Å²) in [4.78, 5) is 11.3. The van der Waals surface area contributed by atoms with Crippen LogP contribution in [0.2, 0.25) is 0 Å². The van der Waals surface area contributed by atoms with Gasteiger partial charge >= 0.3 is 5.97 Å². The van der Waals surface area contributed by atoms with Gasteiger partial charge in [0.15, 0.2) is 0 Å². The Morgan fingerprint density at radius 3 is 2.38 bits per heavy atom. The van der Waals surface area contributed by atoms with Gasteiger partial charge in [0.05, 0.1) is 10.8 Å². The summed E-state index contributed by atoms with van der Waals surface area (Å²) in [6.45, 7) is 4.08. The number of nitrogens with one attached hydrogen (secondary N) is 1. The van der Waals surface area contributed by atoms with Gasteiger partial charge < -0.3 is 5.11 Å². The van der Waals surface area contributed by atoms with Crippen molar-refractivity contribution in [1.29, 1.82) is 0 Å². The number of rotatable bonds is 5. The van der Waals surface area contributed by atoms with E-state index in [9.17, 15) is 13.2 Å². The monoisotopic (exact) mass is 311 g/mol.